The third-order valence-corrected chi connectivity index (χ3v) is 6.18. The lowest BCUT2D eigenvalue weighted by Gasteiger charge is -2.23. The average Bonchev–Trinajstić information content (AvgIpc) is 3.45. The number of benzene rings is 3. The van der Waals surface area contributed by atoms with Gasteiger partial charge in [0.1, 0.15) is 0 Å². The van der Waals surface area contributed by atoms with Crippen LogP contribution >= 0.6 is 0 Å². The van der Waals surface area contributed by atoms with E-state index in [9.17, 15) is 4.79 Å². The molecule has 1 aliphatic heterocycles. The monoisotopic (exact) mass is 438 g/mol. The summed E-state index contributed by atoms with van der Waals surface area (Å²) in [7, 11) is 0. The third-order valence-electron chi connectivity index (χ3n) is 6.18. The molecule has 3 N–H and O–H groups in total. The van der Waals surface area contributed by atoms with Gasteiger partial charge in [-0.1, -0.05) is 92.4 Å². The number of hydrogen-bond acceptors (Lipinski definition) is 3. The highest BCUT2D eigenvalue weighted by atomic mass is 16.2. The van der Waals surface area contributed by atoms with Gasteiger partial charge in [0.2, 0.25) is 5.91 Å². The highest BCUT2D eigenvalue weighted by Crippen LogP contribution is 2.34. The van der Waals surface area contributed by atoms with E-state index >= 15 is 0 Å². The molecule has 33 heavy (non-hydrogen) atoms. The SMILES string of the molecule is C.NCCC(C(=O)N1Cc2[nH]nc(-c3ccc(-c4ccccc4)cc3)c2C1)c1ccccc1. The second-order valence-corrected chi connectivity index (χ2v) is 8.21. The second-order valence-electron chi connectivity index (χ2n) is 8.21. The Morgan fingerprint density at radius 2 is 1.48 bits per heavy atom. The van der Waals surface area contributed by atoms with Crippen molar-refractivity contribution in [3.8, 4) is 22.4 Å². The molecule has 1 aliphatic rings. The molecule has 0 radical (unpaired) electrons. The van der Waals surface area contributed by atoms with Crippen molar-refractivity contribution in [1.29, 1.82) is 0 Å². The molecule has 0 spiro atoms. The minimum absolute atomic E-state index is 0. The van der Waals surface area contributed by atoms with E-state index in [1.54, 1.807) is 0 Å². The zero-order chi connectivity index (χ0) is 21.9. The first-order valence-corrected chi connectivity index (χ1v) is 11.0. The quantitative estimate of drug-likeness (QED) is 0.426. The van der Waals surface area contributed by atoms with Crippen molar-refractivity contribution in [3.05, 3.63) is 102 Å². The van der Waals surface area contributed by atoms with Crippen molar-refractivity contribution >= 4 is 5.91 Å². The highest BCUT2D eigenvalue weighted by Gasteiger charge is 2.32. The highest BCUT2D eigenvalue weighted by molar-refractivity contribution is 5.85. The van der Waals surface area contributed by atoms with Gasteiger partial charge >= 0.3 is 0 Å². The van der Waals surface area contributed by atoms with E-state index in [-0.39, 0.29) is 19.3 Å². The van der Waals surface area contributed by atoms with Gasteiger partial charge in [-0.25, -0.2) is 0 Å². The first kappa shape index (κ1) is 22.5. The van der Waals surface area contributed by atoms with Crippen LogP contribution in [0.2, 0.25) is 0 Å². The first-order valence-electron chi connectivity index (χ1n) is 11.0. The summed E-state index contributed by atoms with van der Waals surface area (Å²) < 4.78 is 0. The Morgan fingerprint density at radius 3 is 2.15 bits per heavy atom. The van der Waals surface area contributed by atoms with Crippen LogP contribution in [0.25, 0.3) is 22.4 Å². The Morgan fingerprint density at radius 1 is 0.879 bits per heavy atom. The summed E-state index contributed by atoms with van der Waals surface area (Å²) in [6.07, 6.45) is 0.638. The number of hydrogen-bond donors (Lipinski definition) is 2. The van der Waals surface area contributed by atoms with Gasteiger partial charge < -0.3 is 10.6 Å². The van der Waals surface area contributed by atoms with Gasteiger partial charge in [0.15, 0.2) is 0 Å². The molecule has 0 saturated carbocycles. The van der Waals surface area contributed by atoms with Crippen molar-refractivity contribution in [2.75, 3.05) is 6.54 Å². The summed E-state index contributed by atoms with van der Waals surface area (Å²) >= 11 is 0. The molecule has 4 aromatic rings. The maximum Gasteiger partial charge on any atom is 0.230 e. The predicted molar refractivity (Wildman–Crippen MR) is 133 cm³/mol. The van der Waals surface area contributed by atoms with Crippen molar-refractivity contribution in [3.63, 3.8) is 0 Å². The number of nitrogens with zero attached hydrogens (tertiary/aromatic N) is 2. The van der Waals surface area contributed by atoms with Gasteiger partial charge in [-0.3, -0.25) is 9.89 Å². The van der Waals surface area contributed by atoms with E-state index in [1.807, 2.05) is 53.4 Å². The number of carbonyl (C=O) groups is 1. The van der Waals surface area contributed by atoms with Gasteiger partial charge in [-0.15, -0.1) is 0 Å². The molecule has 0 saturated heterocycles. The summed E-state index contributed by atoms with van der Waals surface area (Å²) in [5.74, 6) is -0.0941. The number of H-pyrrole nitrogens is 1. The summed E-state index contributed by atoms with van der Waals surface area (Å²) in [4.78, 5) is 15.3. The maximum absolute atomic E-state index is 13.4. The minimum atomic E-state index is -0.216. The van der Waals surface area contributed by atoms with Gasteiger partial charge in [0.25, 0.3) is 0 Å². The Hall–Kier alpha value is -3.70. The van der Waals surface area contributed by atoms with Crippen molar-refractivity contribution in [1.82, 2.24) is 15.1 Å². The van der Waals surface area contributed by atoms with Crippen molar-refractivity contribution in [2.24, 2.45) is 5.73 Å². The van der Waals surface area contributed by atoms with E-state index in [0.29, 0.717) is 26.1 Å². The minimum Gasteiger partial charge on any atom is -0.332 e. The molecule has 0 bridgehead atoms. The van der Waals surface area contributed by atoms with Crippen molar-refractivity contribution < 1.29 is 4.79 Å². The fourth-order valence-corrected chi connectivity index (χ4v) is 4.49. The maximum atomic E-state index is 13.4. The molecule has 0 aliphatic carbocycles. The standard InChI is InChI=1S/C27H26N4O.CH4/c28-16-15-23(21-9-5-2-6-10-21)27(32)31-17-24-25(18-31)29-30-26(24)22-13-11-20(12-14-22)19-7-3-1-4-8-19;/h1-14,23H,15-18,28H2,(H,29,30);1H4. The smallest absolute Gasteiger partial charge is 0.230 e. The normalized spacial score (nSPS) is 13.3. The van der Waals surface area contributed by atoms with Crippen LogP contribution in [-0.4, -0.2) is 27.5 Å². The van der Waals surface area contributed by atoms with Crippen LogP contribution in [0.15, 0.2) is 84.9 Å². The summed E-state index contributed by atoms with van der Waals surface area (Å²) in [6.45, 7) is 1.59. The number of nitrogens with two attached hydrogens (primary N) is 1. The number of aromatic amines is 1. The Bertz CT molecular complexity index is 1200. The number of carbonyl (C=O) groups excluding carboxylic acids is 1. The van der Waals surface area contributed by atoms with Crippen molar-refractivity contribution in [2.45, 2.75) is 32.9 Å². The Labute approximate surface area is 195 Å². The molecule has 1 atom stereocenters. The molecule has 5 nitrogen and oxygen atoms in total. The molecule has 1 unspecified atom stereocenters. The molecule has 0 fully saturated rings. The van der Waals surface area contributed by atoms with Crippen LogP contribution in [-0.2, 0) is 17.9 Å². The van der Waals surface area contributed by atoms with Gasteiger partial charge in [0, 0.05) is 11.1 Å². The summed E-state index contributed by atoms with van der Waals surface area (Å²) in [5.41, 5.74) is 13.3. The van der Waals surface area contributed by atoms with Crippen LogP contribution in [0.1, 0.15) is 36.6 Å². The lowest BCUT2D eigenvalue weighted by Crippen LogP contribution is -2.32. The Kier molecular flexibility index (Phi) is 6.71. The van der Waals surface area contributed by atoms with Crippen LogP contribution in [0, 0.1) is 0 Å². The summed E-state index contributed by atoms with van der Waals surface area (Å²) in [6, 6.07) is 28.7. The van der Waals surface area contributed by atoms with Gasteiger partial charge in [0.05, 0.1) is 30.4 Å². The molecule has 3 aromatic carbocycles. The molecule has 1 aromatic heterocycles. The van der Waals surface area contributed by atoms with E-state index in [0.717, 1.165) is 28.1 Å². The molecule has 168 valence electrons. The number of aromatic nitrogens is 2. The molecule has 5 rings (SSSR count). The van der Waals surface area contributed by atoms with E-state index in [1.165, 1.54) is 11.1 Å². The Balaban J connectivity index is 0.00000259. The van der Waals surface area contributed by atoms with Gasteiger partial charge in [-0.05, 0) is 29.7 Å². The number of nitrogens with one attached hydrogen (secondary N) is 1. The molecular formula is C28H30N4O. The van der Waals surface area contributed by atoms with E-state index in [4.69, 9.17) is 5.73 Å². The van der Waals surface area contributed by atoms with Crippen LogP contribution < -0.4 is 5.73 Å². The lowest BCUT2D eigenvalue weighted by molar-refractivity contribution is -0.133. The first-order chi connectivity index (χ1) is 15.7. The number of rotatable bonds is 6. The van der Waals surface area contributed by atoms with Crippen LogP contribution in [0.4, 0.5) is 0 Å². The van der Waals surface area contributed by atoms with Crippen LogP contribution in [0.5, 0.6) is 0 Å². The van der Waals surface area contributed by atoms with E-state index < -0.39 is 0 Å². The topological polar surface area (TPSA) is 75.0 Å². The predicted octanol–water partition coefficient (Wildman–Crippen LogP) is 5.35. The molecule has 1 amide bonds. The number of amides is 1. The fourth-order valence-electron chi connectivity index (χ4n) is 4.49. The van der Waals surface area contributed by atoms with Gasteiger partial charge in [-0.2, -0.15) is 5.10 Å². The second kappa shape index (κ2) is 9.84. The summed E-state index contributed by atoms with van der Waals surface area (Å²) in [5, 5.41) is 7.72. The van der Waals surface area contributed by atoms with Crippen LogP contribution in [0.3, 0.4) is 0 Å². The largest absolute Gasteiger partial charge is 0.332 e. The zero-order valence-electron chi connectivity index (χ0n) is 17.9. The average molecular weight is 439 g/mol. The molecular weight excluding hydrogens is 408 g/mol. The zero-order valence-corrected chi connectivity index (χ0v) is 17.9. The number of fused-ring (bicyclic) bond motifs is 1. The molecule has 5 heteroatoms. The fraction of sp³-hybridized carbons (Fsp3) is 0.214. The molecule has 2 heterocycles. The lowest BCUT2D eigenvalue weighted by atomic mass is 9.94. The van der Waals surface area contributed by atoms with E-state index in [2.05, 4.69) is 46.6 Å². The third kappa shape index (κ3) is 4.45.